The molecule has 132 valence electrons. The lowest BCUT2D eigenvalue weighted by Gasteiger charge is -2.11. The molecule has 3 rings (SSSR count). The first-order chi connectivity index (χ1) is 11.9. The van der Waals surface area contributed by atoms with Crippen molar-refractivity contribution in [2.24, 2.45) is 0 Å². The first-order valence-corrected chi connectivity index (χ1v) is 9.73. The summed E-state index contributed by atoms with van der Waals surface area (Å²) in [5, 5.41) is 1.94. The predicted octanol–water partition coefficient (Wildman–Crippen LogP) is 4.00. The molecule has 3 aromatic rings. The molecule has 25 heavy (non-hydrogen) atoms. The van der Waals surface area contributed by atoms with E-state index in [0.717, 1.165) is 16.5 Å². The first kappa shape index (κ1) is 18.1. The number of methoxy groups -OCH3 is 1. The monoisotopic (exact) mass is 398 g/mol. The highest BCUT2D eigenvalue weighted by atomic mass is 35.5. The fraction of sp³-hybridized carbons (Fsp3) is 0.176. The minimum Gasteiger partial charge on any atom is -0.495 e. The van der Waals surface area contributed by atoms with Crippen molar-refractivity contribution in [2.75, 3.05) is 13.7 Å². The second-order valence-corrected chi connectivity index (χ2v) is 8.06. The average molecular weight is 399 g/mol. The predicted molar refractivity (Wildman–Crippen MR) is 100 cm³/mol. The van der Waals surface area contributed by atoms with E-state index < -0.39 is 10.0 Å². The van der Waals surface area contributed by atoms with Gasteiger partial charge in [-0.3, -0.25) is 0 Å². The second-order valence-electron chi connectivity index (χ2n) is 5.45. The molecule has 1 heterocycles. The van der Waals surface area contributed by atoms with Gasteiger partial charge in [0.2, 0.25) is 10.0 Å². The van der Waals surface area contributed by atoms with Crippen LogP contribution in [0.25, 0.3) is 10.9 Å². The Kier molecular flexibility index (Phi) is 5.24. The molecule has 2 N–H and O–H groups in total. The molecular formula is C17H16Cl2N2O3S. The van der Waals surface area contributed by atoms with Crippen LogP contribution in [0.2, 0.25) is 10.0 Å². The first-order valence-electron chi connectivity index (χ1n) is 7.49. The van der Waals surface area contributed by atoms with Crippen LogP contribution in [-0.4, -0.2) is 27.1 Å². The number of sulfonamides is 1. The zero-order valence-corrected chi connectivity index (χ0v) is 15.7. The molecule has 0 unspecified atom stereocenters. The van der Waals surface area contributed by atoms with E-state index in [1.807, 2.05) is 18.3 Å². The van der Waals surface area contributed by atoms with Gasteiger partial charge in [-0.25, -0.2) is 13.1 Å². The molecule has 0 aliphatic carbocycles. The zero-order chi connectivity index (χ0) is 18.0. The third kappa shape index (κ3) is 3.93. The number of ether oxygens (including phenoxy) is 1. The molecule has 0 saturated carbocycles. The number of fused-ring (bicyclic) bond motifs is 1. The van der Waals surface area contributed by atoms with Crippen LogP contribution in [0.3, 0.4) is 0 Å². The maximum Gasteiger partial charge on any atom is 0.244 e. The van der Waals surface area contributed by atoms with Gasteiger partial charge in [0.1, 0.15) is 10.6 Å². The van der Waals surface area contributed by atoms with E-state index in [1.165, 1.54) is 19.2 Å². The summed E-state index contributed by atoms with van der Waals surface area (Å²) in [6.45, 7) is 0.234. The number of halogens is 2. The summed E-state index contributed by atoms with van der Waals surface area (Å²) in [5.41, 5.74) is 1.94. The van der Waals surface area contributed by atoms with Gasteiger partial charge in [-0.15, -0.1) is 0 Å². The van der Waals surface area contributed by atoms with Crippen LogP contribution in [0.4, 0.5) is 0 Å². The summed E-state index contributed by atoms with van der Waals surface area (Å²) in [7, 11) is -2.32. The lowest BCUT2D eigenvalue weighted by molar-refractivity contribution is 0.402. The molecule has 0 fully saturated rings. The van der Waals surface area contributed by atoms with Crippen LogP contribution < -0.4 is 9.46 Å². The molecule has 0 saturated heterocycles. The number of rotatable bonds is 6. The van der Waals surface area contributed by atoms with Crippen LogP contribution in [0.1, 0.15) is 5.56 Å². The zero-order valence-electron chi connectivity index (χ0n) is 13.3. The fourth-order valence-electron chi connectivity index (χ4n) is 2.62. The highest BCUT2D eigenvalue weighted by molar-refractivity contribution is 7.89. The van der Waals surface area contributed by atoms with E-state index in [9.17, 15) is 8.42 Å². The largest absolute Gasteiger partial charge is 0.495 e. The number of hydrogen-bond acceptors (Lipinski definition) is 3. The van der Waals surface area contributed by atoms with Crippen molar-refractivity contribution in [1.82, 2.24) is 9.71 Å². The lowest BCUT2D eigenvalue weighted by atomic mass is 10.1. The second kappa shape index (κ2) is 7.25. The summed E-state index contributed by atoms with van der Waals surface area (Å²) in [5.74, 6) is 0.246. The Morgan fingerprint density at radius 1 is 1.12 bits per heavy atom. The van der Waals surface area contributed by atoms with Gasteiger partial charge in [0.05, 0.1) is 7.11 Å². The average Bonchev–Trinajstić information content (AvgIpc) is 2.97. The smallest absolute Gasteiger partial charge is 0.244 e. The number of hydrogen-bond donors (Lipinski definition) is 2. The van der Waals surface area contributed by atoms with E-state index in [0.29, 0.717) is 16.5 Å². The quantitative estimate of drug-likeness (QED) is 0.658. The van der Waals surface area contributed by atoms with Crippen molar-refractivity contribution in [2.45, 2.75) is 11.3 Å². The summed E-state index contributed by atoms with van der Waals surface area (Å²) in [4.78, 5) is 3.17. The minimum absolute atomic E-state index is 0.0180. The Labute approximate surface area is 156 Å². The SMILES string of the molecule is COc1ccc(Cl)cc1S(=O)(=O)NCCc1c[nH]c2ccc(Cl)cc12. The van der Waals surface area contributed by atoms with E-state index in [1.54, 1.807) is 12.1 Å². The third-order valence-electron chi connectivity index (χ3n) is 3.83. The van der Waals surface area contributed by atoms with Crippen LogP contribution in [0, 0.1) is 0 Å². The van der Waals surface area contributed by atoms with Gasteiger partial charge in [0.25, 0.3) is 0 Å². The van der Waals surface area contributed by atoms with Crippen LogP contribution in [-0.2, 0) is 16.4 Å². The van der Waals surface area contributed by atoms with Gasteiger partial charge >= 0.3 is 0 Å². The Hall–Kier alpha value is -1.73. The van der Waals surface area contributed by atoms with Crippen molar-refractivity contribution >= 4 is 44.1 Å². The standard InChI is InChI=1S/C17H16Cl2N2O3S/c1-24-16-5-3-13(19)9-17(16)25(22,23)21-7-6-11-10-20-15-4-2-12(18)8-14(11)15/h2-5,8-10,20-21H,6-7H2,1H3. The van der Waals surface area contributed by atoms with Gasteiger partial charge in [-0.2, -0.15) is 0 Å². The summed E-state index contributed by atoms with van der Waals surface area (Å²) < 4.78 is 32.8. The molecule has 8 heteroatoms. The maximum atomic E-state index is 12.5. The normalized spacial score (nSPS) is 11.8. The highest BCUT2D eigenvalue weighted by Crippen LogP contribution is 2.27. The summed E-state index contributed by atoms with van der Waals surface area (Å²) in [6.07, 6.45) is 2.37. The molecule has 0 atom stereocenters. The van der Waals surface area contributed by atoms with Crippen molar-refractivity contribution in [1.29, 1.82) is 0 Å². The van der Waals surface area contributed by atoms with E-state index in [4.69, 9.17) is 27.9 Å². The Morgan fingerprint density at radius 2 is 1.84 bits per heavy atom. The molecule has 5 nitrogen and oxygen atoms in total. The van der Waals surface area contributed by atoms with Gasteiger partial charge in [-0.1, -0.05) is 23.2 Å². The summed E-state index contributed by atoms with van der Waals surface area (Å²) >= 11 is 11.9. The van der Waals surface area contributed by atoms with Gasteiger partial charge < -0.3 is 9.72 Å². The number of H-pyrrole nitrogens is 1. The molecule has 0 spiro atoms. The molecule has 0 bridgehead atoms. The fourth-order valence-corrected chi connectivity index (χ4v) is 4.25. The van der Waals surface area contributed by atoms with Crippen molar-refractivity contribution in [3.05, 3.63) is 58.2 Å². The number of nitrogens with one attached hydrogen (secondary N) is 2. The van der Waals surface area contributed by atoms with Crippen molar-refractivity contribution in [3.63, 3.8) is 0 Å². The topological polar surface area (TPSA) is 71.2 Å². The molecule has 0 amide bonds. The highest BCUT2D eigenvalue weighted by Gasteiger charge is 2.19. The number of benzene rings is 2. The molecule has 1 aromatic heterocycles. The van der Waals surface area contributed by atoms with Crippen LogP contribution >= 0.6 is 23.2 Å². The lowest BCUT2D eigenvalue weighted by Crippen LogP contribution is -2.26. The molecule has 0 aliphatic heterocycles. The number of aromatic nitrogens is 1. The van der Waals surface area contributed by atoms with Crippen LogP contribution in [0.15, 0.2) is 47.5 Å². The molecule has 0 aliphatic rings. The van der Waals surface area contributed by atoms with Crippen molar-refractivity contribution < 1.29 is 13.2 Å². The molecule has 2 aromatic carbocycles. The Balaban J connectivity index is 1.76. The summed E-state index contributed by atoms with van der Waals surface area (Å²) in [6, 6.07) is 10.0. The van der Waals surface area contributed by atoms with E-state index >= 15 is 0 Å². The van der Waals surface area contributed by atoms with Gasteiger partial charge in [0, 0.05) is 33.7 Å². The molecule has 0 radical (unpaired) electrons. The third-order valence-corrected chi connectivity index (χ3v) is 5.78. The maximum absolute atomic E-state index is 12.5. The van der Waals surface area contributed by atoms with Crippen LogP contribution in [0.5, 0.6) is 5.75 Å². The minimum atomic E-state index is -3.74. The van der Waals surface area contributed by atoms with Crippen molar-refractivity contribution in [3.8, 4) is 5.75 Å². The number of aromatic amines is 1. The van der Waals surface area contributed by atoms with Gasteiger partial charge in [-0.05, 0) is 48.4 Å². The van der Waals surface area contributed by atoms with Gasteiger partial charge in [0.15, 0.2) is 0 Å². The Bertz CT molecular complexity index is 1020. The van der Waals surface area contributed by atoms with E-state index in [2.05, 4.69) is 9.71 Å². The van der Waals surface area contributed by atoms with E-state index in [-0.39, 0.29) is 17.2 Å². The molecular weight excluding hydrogens is 383 g/mol. The Morgan fingerprint density at radius 3 is 2.60 bits per heavy atom.